The number of hydrogen-bond donors (Lipinski definition) is 1. The fourth-order valence-corrected chi connectivity index (χ4v) is 1.49. The van der Waals surface area contributed by atoms with E-state index < -0.39 is 0 Å². The van der Waals surface area contributed by atoms with Crippen molar-refractivity contribution >= 4 is 11.3 Å². The van der Waals surface area contributed by atoms with Crippen molar-refractivity contribution in [1.82, 2.24) is 19.9 Å². The van der Waals surface area contributed by atoms with Crippen LogP contribution >= 0.6 is 0 Å². The topological polar surface area (TPSA) is 54.5 Å². The number of halogens is 1. The molecule has 0 fully saturated rings. The molecule has 3 aromatic rings. The Bertz CT molecular complexity index is 637. The van der Waals surface area contributed by atoms with Crippen LogP contribution in [0.5, 0.6) is 0 Å². The number of H-pyrrole nitrogens is 1. The van der Waals surface area contributed by atoms with Crippen LogP contribution in [-0.2, 0) is 0 Å². The van der Waals surface area contributed by atoms with E-state index in [0.29, 0.717) is 17.0 Å². The van der Waals surface area contributed by atoms with Crippen LogP contribution in [0.4, 0.5) is 4.39 Å². The third-order valence-corrected chi connectivity index (χ3v) is 2.28. The highest BCUT2D eigenvalue weighted by Crippen LogP contribution is 2.17. The van der Waals surface area contributed by atoms with E-state index >= 15 is 0 Å². The van der Waals surface area contributed by atoms with Gasteiger partial charge < -0.3 is 4.98 Å². The van der Waals surface area contributed by atoms with Crippen molar-refractivity contribution in [1.29, 1.82) is 0 Å². The first-order valence-electron chi connectivity index (χ1n) is 6.75. The Balaban J connectivity index is 0.000000741. The number of hydrogen-bond acceptors (Lipinski definition) is 3. The van der Waals surface area contributed by atoms with Crippen molar-refractivity contribution in [3.8, 4) is 11.3 Å². The number of nitrogens with zero attached hydrogens (tertiary/aromatic N) is 3. The normalized spacial score (nSPS) is 9.25. The molecule has 3 rings (SSSR count). The first kappa shape index (κ1) is 15.8. The van der Waals surface area contributed by atoms with E-state index in [1.807, 2.05) is 27.7 Å². The number of fused-ring (bicyclic) bond motifs is 1. The molecule has 0 aliphatic carbocycles. The number of aromatic amines is 1. The average Bonchev–Trinajstić information content (AvgIpc) is 2.99. The third kappa shape index (κ3) is 3.60. The molecule has 2 heterocycles. The summed E-state index contributed by atoms with van der Waals surface area (Å²) in [4.78, 5) is 15.3. The van der Waals surface area contributed by atoms with Gasteiger partial charge in [0.25, 0.3) is 0 Å². The quantitative estimate of drug-likeness (QED) is 0.714. The van der Waals surface area contributed by atoms with E-state index in [-0.39, 0.29) is 7.24 Å². The van der Waals surface area contributed by atoms with Crippen molar-refractivity contribution < 1.29 is 5.82 Å². The molecule has 0 spiro atoms. The summed E-state index contributed by atoms with van der Waals surface area (Å²) < 4.78 is 12.8. The minimum atomic E-state index is -0.265. The Labute approximate surface area is 119 Å². The van der Waals surface area contributed by atoms with Gasteiger partial charge in [-0.15, -0.1) is 0 Å². The fraction of sp³-hybridized carbons (Fsp3) is 0.267. The minimum absolute atomic E-state index is 0. The summed E-state index contributed by atoms with van der Waals surface area (Å²) in [6.07, 6.45) is 3.16. The predicted molar refractivity (Wildman–Crippen MR) is 81.9 cm³/mol. The number of nitrogens with one attached hydrogen (secondary N) is 1. The molecule has 20 heavy (non-hydrogen) atoms. The van der Waals surface area contributed by atoms with Gasteiger partial charge in [-0.3, -0.25) is 0 Å². The minimum Gasteiger partial charge on any atom is -0.328 e. The van der Waals surface area contributed by atoms with E-state index in [1.54, 1.807) is 24.7 Å². The van der Waals surface area contributed by atoms with Gasteiger partial charge in [0.15, 0.2) is 11.3 Å². The highest BCUT2D eigenvalue weighted by atomic mass is 19.1. The van der Waals surface area contributed by atoms with Crippen molar-refractivity contribution in [2.24, 2.45) is 0 Å². The monoisotopic (exact) mass is 276 g/mol. The second-order valence-corrected chi connectivity index (χ2v) is 3.34. The number of benzene rings is 1. The first-order chi connectivity index (χ1) is 9.83. The summed E-state index contributed by atoms with van der Waals surface area (Å²) in [5.41, 5.74) is 2.72. The molecule has 0 atom stereocenters. The van der Waals surface area contributed by atoms with Crippen LogP contribution in [0.1, 0.15) is 29.1 Å². The van der Waals surface area contributed by atoms with Crippen molar-refractivity contribution in [2.75, 3.05) is 0 Å². The molecule has 0 radical (unpaired) electrons. The Morgan fingerprint density at radius 2 is 1.65 bits per heavy atom. The Hall–Kier alpha value is -2.30. The summed E-state index contributed by atoms with van der Waals surface area (Å²) in [7, 11) is 0. The fourth-order valence-electron chi connectivity index (χ4n) is 1.49. The SMILES string of the molecule is CC.CC.Fc1ccc(-c2cnc3nc[nH]c3n2)cc1.[HH]. The summed E-state index contributed by atoms with van der Waals surface area (Å²) in [5.74, 6) is -0.265. The zero-order chi connectivity index (χ0) is 15.0. The largest absolute Gasteiger partial charge is 0.328 e. The molecule has 0 saturated carbocycles. The summed E-state index contributed by atoms with van der Waals surface area (Å²) in [5, 5.41) is 0. The molecular formula is C15H21FN4. The standard InChI is InChI=1S/C11H7FN4.2C2H6.H2/c12-8-3-1-7(2-4-8)9-5-13-10-11(16-9)15-6-14-10;2*1-2;/h1-6H,(H,13,14,15,16);2*1-2H3;1H. The van der Waals surface area contributed by atoms with E-state index in [2.05, 4.69) is 19.9 Å². The zero-order valence-corrected chi connectivity index (χ0v) is 12.2. The first-order valence-corrected chi connectivity index (χ1v) is 6.75. The molecule has 4 nitrogen and oxygen atoms in total. The molecule has 5 heteroatoms. The van der Waals surface area contributed by atoms with Crippen LogP contribution in [0.25, 0.3) is 22.6 Å². The second-order valence-electron chi connectivity index (χ2n) is 3.34. The van der Waals surface area contributed by atoms with E-state index in [9.17, 15) is 4.39 Å². The Morgan fingerprint density at radius 1 is 1.00 bits per heavy atom. The summed E-state index contributed by atoms with van der Waals surface area (Å²) >= 11 is 0. The highest BCUT2D eigenvalue weighted by molar-refractivity contribution is 5.69. The average molecular weight is 276 g/mol. The van der Waals surface area contributed by atoms with E-state index in [0.717, 1.165) is 5.56 Å². The Kier molecular flexibility index (Phi) is 6.29. The third-order valence-electron chi connectivity index (χ3n) is 2.28. The molecule has 0 amide bonds. The summed E-state index contributed by atoms with van der Waals surface area (Å²) in [6, 6.07) is 6.13. The van der Waals surface area contributed by atoms with Gasteiger partial charge >= 0.3 is 0 Å². The van der Waals surface area contributed by atoms with Crippen LogP contribution in [0, 0.1) is 5.82 Å². The molecule has 0 unspecified atom stereocenters. The number of imidazole rings is 1. The molecule has 0 aliphatic heterocycles. The molecule has 108 valence electrons. The van der Waals surface area contributed by atoms with Crippen LogP contribution in [0.3, 0.4) is 0 Å². The van der Waals surface area contributed by atoms with Gasteiger partial charge in [0.05, 0.1) is 18.2 Å². The van der Waals surface area contributed by atoms with E-state index in [4.69, 9.17) is 0 Å². The molecular weight excluding hydrogens is 255 g/mol. The number of rotatable bonds is 1. The molecule has 0 saturated heterocycles. The molecule has 1 N–H and O–H groups in total. The lowest BCUT2D eigenvalue weighted by molar-refractivity contribution is 0.628. The molecule has 0 aliphatic rings. The van der Waals surface area contributed by atoms with Gasteiger partial charge in [-0.25, -0.2) is 19.3 Å². The predicted octanol–water partition coefficient (Wildman–Crippen LogP) is 4.46. The van der Waals surface area contributed by atoms with Gasteiger partial charge in [0.1, 0.15) is 5.82 Å². The lowest BCUT2D eigenvalue weighted by Crippen LogP contribution is -1.88. The Morgan fingerprint density at radius 3 is 2.30 bits per heavy atom. The van der Waals surface area contributed by atoms with Crippen molar-refractivity contribution in [3.05, 3.63) is 42.6 Å². The maximum absolute atomic E-state index is 12.8. The van der Waals surface area contributed by atoms with Gasteiger partial charge in [0.2, 0.25) is 0 Å². The lowest BCUT2D eigenvalue weighted by atomic mass is 10.1. The molecule has 2 aromatic heterocycles. The smallest absolute Gasteiger partial charge is 0.197 e. The van der Waals surface area contributed by atoms with Crippen LogP contribution in [0.2, 0.25) is 0 Å². The second kappa shape index (κ2) is 7.99. The molecule has 0 bridgehead atoms. The van der Waals surface area contributed by atoms with Crippen LogP contribution in [-0.4, -0.2) is 19.9 Å². The van der Waals surface area contributed by atoms with E-state index in [1.165, 1.54) is 12.1 Å². The van der Waals surface area contributed by atoms with Crippen molar-refractivity contribution in [2.45, 2.75) is 27.7 Å². The van der Waals surface area contributed by atoms with Crippen LogP contribution in [0.15, 0.2) is 36.8 Å². The lowest BCUT2D eigenvalue weighted by Gasteiger charge is -1.99. The van der Waals surface area contributed by atoms with Crippen LogP contribution < -0.4 is 0 Å². The highest BCUT2D eigenvalue weighted by Gasteiger charge is 2.03. The maximum atomic E-state index is 12.8. The van der Waals surface area contributed by atoms with Gasteiger partial charge in [-0.2, -0.15) is 0 Å². The number of aromatic nitrogens is 4. The maximum Gasteiger partial charge on any atom is 0.197 e. The van der Waals surface area contributed by atoms with Gasteiger partial charge in [0, 0.05) is 6.99 Å². The van der Waals surface area contributed by atoms with Crippen molar-refractivity contribution in [3.63, 3.8) is 0 Å². The van der Waals surface area contributed by atoms with Gasteiger partial charge in [-0.1, -0.05) is 27.7 Å². The summed E-state index contributed by atoms with van der Waals surface area (Å²) in [6.45, 7) is 8.00. The van der Waals surface area contributed by atoms with Gasteiger partial charge in [-0.05, 0) is 24.3 Å². The zero-order valence-electron chi connectivity index (χ0n) is 12.2. The molecule has 1 aromatic carbocycles.